The number of aryl methyl sites for hydroxylation is 1. The number of aromatic nitrogens is 1. The van der Waals surface area contributed by atoms with Crippen molar-refractivity contribution in [3.63, 3.8) is 0 Å². The summed E-state index contributed by atoms with van der Waals surface area (Å²) in [4.78, 5) is 39.1. The van der Waals surface area contributed by atoms with Gasteiger partial charge in [0.1, 0.15) is 0 Å². The number of esters is 1. The van der Waals surface area contributed by atoms with E-state index in [9.17, 15) is 14.4 Å². The maximum Gasteiger partial charge on any atom is 0.338 e. The number of ketones is 1. The van der Waals surface area contributed by atoms with Crippen LogP contribution in [0.15, 0.2) is 48.5 Å². The topological polar surface area (TPSA) is 114 Å². The summed E-state index contributed by atoms with van der Waals surface area (Å²) in [5.41, 5.74) is 7.86. The Morgan fingerprint density at radius 1 is 1.07 bits per heavy atom. The van der Waals surface area contributed by atoms with Crippen molar-refractivity contribution < 1.29 is 19.1 Å². The maximum absolute atomic E-state index is 12.8. The van der Waals surface area contributed by atoms with Crippen LogP contribution in [0.25, 0.3) is 10.9 Å². The molecule has 1 heterocycles. The van der Waals surface area contributed by atoms with Gasteiger partial charge < -0.3 is 20.8 Å². The molecule has 0 saturated carbocycles. The van der Waals surface area contributed by atoms with Crippen LogP contribution in [0.1, 0.15) is 33.3 Å². The van der Waals surface area contributed by atoms with Gasteiger partial charge in [-0.2, -0.15) is 0 Å². The number of amides is 2. The highest BCUT2D eigenvalue weighted by atomic mass is 16.5. The molecular weight excluding hydrogens is 346 g/mol. The Morgan fingerprint density at radius 3 is 2.41 bits per heavy atom. The molecule has 4 N–H and O–H groups in total. The van der Waals surface area contributed by atoms with Crippen molar-refractivity contribution in [3.05, 3.63) is 65.4 Å². The summed E-state index contributed by atoms with van der Waals surface area (Å²) in [5, 5.41) is 3.20. The average Bonchev–Trinajstić information content (AvgIpc) is 2.96. The molecule has 0 aliphatic carbocycles. The number of rotatable bonds is 5. The number of aromatic amines is 1. The number of primary amides is 1. The molecule has 2 amide bonds. The highest BCUT2D eigenvalue weighted by Crippen LogP contribution is 2.24. The smallest absolute Gasteiger partial charge is 0.338 e. The van der Waals surface area contributed by atoms with Crippen molar-refractivity contribution in [2.45, 2.75) is 20.0 Å². The Balaban J connectivity index is 1.75. The molecule has 7 heteroatoms. The molecule has 7 nitrogen and oxygen atoms in total. The Bertz CT molecular complexity index is 1020. The number of para-hydroxylation sites is 1. The lowest BCUT2D eigenvalue weighted by atomic mass is 10.0. The van der Waals surface area contributed by atoms with E-state index in [-0.39, 0.29) is 11.3 Å². The normalized spacial score (nSPS) is 11.8. The summed E-state index contributed by atoms with van der Waals surface area (Å²) >= 11 is 0. The lowest BCUT2D eigenvalue weighted by Gasteiger charge is -2.13. The van der Waals surface area contributed by atoms with Gasteiger partial charge in [-0.15, -0.1) is 0 Å². The molecule has 0 radical (unpaired) electrons. The summed E-state index contributed by atoms with van der Waals surface area (Å²) in [6.45, 7) is 3.36. The number of urea groups is 1. The van der Waals surface area contributed by atoms with Gasteiger partial charge in [0.05, 0.1) is 5.56 Å². The van der Waals surface area contributed by atoms with Gasteiger partial charge in [0.15, 0.2) is 6.10 Å². The van der Waals surface area contributed by atoms with Crippen LogP contribution in [-0.4, -0.2) is 28.9 Å². The van der Waals surface area contributed by atoms with E-state index in [1.807, 2.05) is 31.2 Å². The third kappa shape index (κ3) is 3.82. The second-order valence-electron chi connectivity index (χ2n) is 6.15. The monoisotopic (exact) mass is 365 g/mol. The fourth-order valence-corrected chi connectivity index (χ4v) is 2.91. The summed E-state index contributed by atoms with van der Waals surface area (Å²) in [6, 6.07) is 12.8. The number of H-pyrrole nitrogens is 1. The van der Waals surface area contributed by atoms with E-state index in [4.69, 9.17) is 10.5 Å². The molecule has 0 bridgehead atoms. The van der Waals surface area contributed by atoms with Gasteiger partial charge in [-0.3, -0.25) is 4.79 Å². The lowest BCUT2D eigenvalue weighted by Crippen LogP contribution is -2.25. The van der Waals surface area contributed by atoms with E-state index >= 15 is 0 Å². The number of anilines is 1. The predicted molar refractivity (Wildman–Crippen MR) is 102 cm³/mol. The number of nitrogens with two attached hydrogens (primary N) is 1. The number of carbonyl (C=O) groups is 3. The van der Waals surface area contributed by atoms with E-state index in [1.165, 1.54) is 24.3 Å². The first kappa shape index (κ1) is 18.2. The number of fused-ring (bicyclic) bond motifs is 1. The molecule has 0 unspecified atom stereocenters. The number of nitrogens with one attached hydrogen (secondary N) is 2. The fourth-order valence-electron chi connectivity index (χ4n) is 2.91. The van der Waals surface area contributed by atoms with Gasteiger partial charge in [0, 0.05) is 27.8 Å². The first-order valence-electron chi connectivity index (χ1n) is 8.36. The van der Waals surface area contributed by atoms with Crippen LogP contribution in [0, 0.1) is 6.92 Å². The summed E-state index contributed by atoms with van der Waals surface area (Å²) in [6.07, 6.45) is -0.946. The molecule has 0 aliphatic heterocycles. The second-order valence-corrected chi connectivity index (χ2v) is 6.15. The molecule has 0 aliphatic rings. The third-order valence-electron chi connectivity index (χ3n) is 4.18. The van der Waals surface area contributed by atoms with Gasteiger partial charge in [-0.25, -0.2) is 9.59 Å². The number of hydrogen-bond acceptors (Lipinski definition) is 4. The number of hydrogen-bond donors (Lipinski definition) is 3. The van der Waals surface area contributed by atoms with Gasteiger partial charge in [0.2, 0.25) is 5.78 Å². The Kier molecular flexibility index (Phi) is 4.94. The van der Waals surface area contributed by atoms with Crippen molar-refractivity contribution in [1.82, 2.24) is 4.98 Å². The van der Waals surface area contributed by atoms with Crippen LogP contribution < -0.4 is 11.1 Å². The molecule has 1 atom stereocenters. The van der Waals surface area contributed by atoms with Crippen molar-refractivity contribution in [1.29, 1.82) is 0 Å². The van der Waals surface area contributed by atoms with Crippen molar-refractivity contribution >= 4 is 34.4 Å². The molecule has 1 aromatic heterocycles. The molecule has 0 spiro atoms. The summed E-state index contributed by atoms with van der Waals surface area (Å²) in [5.74, 6) is -0.899. The average molecular weight is 365 g/mol. The van der Waals surface area contributed by atoms with Gasteiger partial charge in [0.25, 0.3) is 0 Å². The zero-order valence-corrected chi connectivity index (χ0v) is 14.9. The quantitative estimate of drug-likeness (QED) is 0.475. The number of benzene rings is 2. The Labute approximate surface area is 155 Å². The molecular formula is C20H19N3O4. The van der Waals surface area contributed by atoms with Crippen LogP contribution in [0.3, 0.4) is 0 Å². The molecule has 138 valence electrons. The molecule has 3 rings (SSSR count). The van der Waals surface area contributed by atoms with Gasteiger partial charge in [-0.1, -0.05) is 18.2 Å². The zero-order valence-electron chi connectivity index (χ0n) is 14.9. The van der Waals surface area contributed by atoms with Crippen LogP contribution in [-0.2, 0) is 4.74 Å². The zero-order chi connectivity index (χ0) is 19.6. The highest BCUT2D eigenvalue weighted by Gasteiger charge is 2.24. The van der Waals surface area contributed by atoms with Crippen LogP contribution in [0.2, 0.25) is 0 Å². The summed E-state index contributed by atoms with van der Waals surface area (Å²) in [7, 11) is 0. The van der Waals surface area contributed by atoms with Gasteiger partial charge in [-0.05, 0) is 44.2 Å². The van der Waals surface area contributed by atoms with Crippen molar-refractivity contribution in [2.24, 2.45) is 5.73 Å². The first-order valence-corrected chi connectivity index (χ1v) is 8.36. The largest absolute Gasteiger partial charge is 0.451 e. The Morgan fingerprint density at radius 2 is 1.74 bits per heavy atom. The number of Topliss-reactive ketones (excluding diaryl/α,β-unsaturated/α-hetero) is 1. The van der Waals surface area contributed by atoms with E-state index in [0.29, 0.717) is 11.3 Å². The van der Waals surface area contributed by atoms with E-state index < -0.39 is 18.1 Å². The third-order valence-corrected chi connectivity index (χ3v) is 4.18. The SMILES string of the molecule is Cc1[nH]c2ccccc2c1C(=O)[C@@H](C)OC(=O)c1ccc(NC(N)=O)cc1. The minimum absolute atomic E-state index is 0.264. The van der Waals surface area contributed by atoms with Crippen LogP contribution >= 0.6 is 0 Å². The molecule has 0 saturated heterocycles. The van der Waals surface area contributed by atoms with E-state index in [1.54, 1.807) is 6.92 Å². The van der Waals surface area contributed by atoms with Crippen molar-refractivity contribution in [2.75, 3.05) is 5.32 Å². The predicted octanol–water partition coefficient (Wildman–Crippen LogP) is 3.40. The highest BCUT2D eigenvalue weighted by molar-refractivity contribution is 6.11. The van der Waals surface area contributed by atoms with Gasteiger partial charge >= 0.3 is 12.0 Å². The first-order chi connectivity index (χ1) is 12.9. The van der Waals surface area contributed by atoms with Crippen molar-refractivity contribution in [3.8, 4) is 0 Å². The minimum Gasteiger partial charge on any atom is -0.451 e. The van der Waals surface area contributed by atoms with E-state index in [0.717, 1.165) is 16.6 Å². The number of ether oxygens (including phenoxy) is 1. The minimum atomic E-state index is -0.946. The molecule has 2 aromatic carbocycles. The molecule has 0 fully saturated rings. The summed E-state index contributed by atoms with van der Waals surface area (Å²) < 4.78 is 5.33. The molecule has 3 aromatic rings. The number of carbonyl (C=O) groups excluding carboxylic acids is 3. The maximum atomic E-state index is 12.8. The lowest BCUT2D eigenvalue weighted by molar-refractivity contribution is 0.0319. The standard InChI is InChI=1S/C20H19N3O4/c1-11-17(15-5-3-4-6-16(15)22-11)18(24)12(2)27-19(25)13-7-9-14(10-8-13)23-20(21)26/h3-10,12,22H,1-2H3,(H3,21,23,26)/t12-/m1/s1. The van der Waals surface area contributed by atoms with Crippen LogP contribution in [0.5, 0.6) is 0 Å². The fraction of sp³-hybridized carbons (Fsp3) is 0.150. The van der Waals surface area contributed by atoms with Crippen LogP contribution in [0.4, 0.5) is 10.5 Å². The Hall–Kier alpha value is -3.61. The molecule has 27 heavy (non-hydrogen) atoms. The van der Waals surface area contributed by atoms with E-state index in [2.05, 4.69) is 10.3 Å². The second kappa shape index (κ2) is 7.33.